The fourth-order valence-electron chi connectivity index (χ4n) is 4.12. The van der Waals surface area contributed by atoms with Gasteiger partial charge in [0.1, 0.15) is 11.5 Å². The van der Waals surface area contributed by atoms with E-state index >= 15 is 0 Å². The number of benzene rings is 2. The van der Waals surface area contributed by atoms with Crippen LogP contribution in [0.5, 0.6) is 11.5 Å². The number of carbonyl (C=O) groups is 1. The number of ether oxygens (including phenoxy) is 2. The highest BCUT2D eigenvalue weighted by molar-refractivity contribution is 6.05. The van der Waals surface area contributed by atoms with E-state index in [1.54, 1.807) is 20.4 Å². The van der Waals surface area contributed by atoms with Crippen LogP contribution in [0.1, 0.15) is 35.2 Å². The van der Waals surface area contributed by atoms with E-state index in [0.717, 1.165) is 61.2 Å². The molecule has 0 saturated carbocycles. The number of likely N-dealkylation sites (tertiary alicyclic amines) is 1. The lowest BCUT2D eigenvalue weighted by molar-refractivity contribution is 0.0688. The number of para-hydroxylation sites is 1. The van der Waals surface area contributed by atoms with Crippen molar-refractivity contribution in [2.75, 3.05) is 27.3 Å². The Morgan fingerprint density at radius 1 is 1.14 bits per heavy atom. The first-order chi connectivity index (χ1) is 14.2. The molecule has 0 spiro atoms. The van der Waals surface area contributed by atoms with E-state index in [1.165, 1.54) is 5.56 Å². The van der Waals surface area contributed by atoms with Crippen LogP contribution in [0.4, 0.5) is 0 Å². The molecule has 2 heterocycles. The van der Waals surface area contributed by atoms with E-state index in [-0.39, 0.29) is 5.91 Å². The number of carbonyl (C=O) groups excluding carboxylic acids is 1. The molecule has 1 N–H and O–H groups in total. The summed E-state index contributed by atoms with van der Waals surface area (Å²) in [5, 5.41) is 7.99. The molecule has 1 saturated heterocycles. The minimum absolute atomic E-state index is 0.0934. The summed E-state index contributed by atoms with van der Waals surface area (Å²) in [5.74, 6) is 2.37. The number of amides is 1. The van der Waals surface area contributed by atoms with E-state index in [9.17, 15) is 4.79 Å². The normalized spacial score (nSPS) is 14.9. The van der Waals surface area contributed by atoms with Gasteiger partial charge in [-0.25, -0.2) is 0 Å². The van der Waals surface area contributed by atoms with Gasteiger partial charge < -0.3 is 14.4 Å². The van der Waals surface area contributed by atoms with E-state index in [4.69, 9.17) is 9.47 Å². The first kappa shape index (κ1) is 19.3. The molecule has 2 aromatic carbocycles. The third-order valence-corrected chi connectivity index (χ3v) is 5.86. The number of methoxy groups -OCH3 is 2. The van der Waals surface area contributed by atoms with Crippen LogP contribution < -0.4 is 9.47 Å². The zero-order valence-electron chi connectivity index (χ0n) is 17.0. The van der Waals surface area contributed by atoms with Crippen molar-refractivity contribution in [3.8, 4) is 11.5 Å². The second kappa shape index (κ2) is 8.55. The quantitative estimate of drug-likeness (QED) is 0.686. The summed E-state index contributed by atoms with van der Waals surface area (Å²) in [4.78, 5) is 15.0. The van der Waals surface area contributed by atoms with Gasteiger partial charge in [0.2, 0.25) is 0 Å². The monoisotopic (exact) mass is 393 g/mol. The number of nitrogens with one attached hydrogen (secondary N) is 1. The number of piperidine rings is 1. The van der Waals surface area contributed by atoms with Gasteiger partial charge in [-0.1, -0.05) is 12.1 Å². The molecule has 0 bridgehead atoms. The Morgan fingerprint density at radius 2 is 1.86 bits per heavy atom. The highest BCUT2D eigenvalue weighted by Crippen LogP contribution is 2.28. The second-order valence-corrected chi connectivity index (χ2v) is 7.63. The van der Waals surface area contributed by atoms with Crippen molar-refractivity contribution in [1.29, 1.82) is 0 Å². The maximum absolute atomic E-state index is 13.0. The molecule has 152 valence electrons. The standard InChI is InChI=1S/C23H27N3O3/c1-28-19-12-17(13-20(14-19)29-2)7-6-16-8-10-26(11-9-16)23(27)21-5-3-4-18-15-24-25-22(18)21/h3-5,12-16H,6-11H2,1-2H3,(H,24,25). The number of aryl methyl sites for hydroxylation is 1. The fraction of sp³-hybridized carbons (Fsp3) is 0.391. The zero-order valence-corrected chi connectivity index (χ0v) is 17.0. The maximum Gasteiger partial charge on any atom is 0.256 e. The number of hydrogen-bond acceptors (Lipinski definition) is 4. The number of aromatic amines is 1. The summed E-state index contributed by atoms with van der Waals surface area (Å²) >= 11 is 0. The Labute approximate surface area is 170 Å². The Balaban J connectivity index is 1.34. The van der Waals surface area contributed by atoms with Crippen LogP contribution in [0.25, 0.3) is 10.9 Å². The molecule has 1 fully saturated rings. The van der Waals surface area contributed by atoms with Gasteiger partial charge in [0, 0.05) is 24.5 Å². The predicted octanol–water partition coefficient (Wildman–Crippen LogP) is 4.07. The van der Waals surface area contributed by atoms with Gasteiger partial charge in [0.05, 0.1) is 31.5 Å². The minimum atomic E-state index is 0.0934. The summed E-state index contributed by atoms with van der Waals surface area (Å²) in [6.07, 6.45) is 5.91. The minimum Gasteiger partial charge on any atom is -0.497 e. The molecular weight excluding hydrogens is 366 g/mol. The molecule has 3 aromatic rings. The van der Waals surface area contributed by atoms with Crippen LogP contribution >= 0.6 is 0 Å². The van der Waals surface area contributed by atoms with Gasteiger partial charge in [0.15, 0.2) is 0 Å². The lowest BCUT2D eigenvalue weighted by Crippen LogP contribution is -2.38. The number of aromatic nitrogens is 2. The molecule has 0 unspecified atom stereocenters. The summed E-state index contributed by atoms with van der Waals surface area (Å²) in [6, 6.07) is 11.8. The Morgan fingerprint density at radius 3 is 2.55 bits per heavy atom. The summed E-state index contributed by atoms with van der Waals surface area (Å²) in [6.45, 7) is 1.60. The van der Waals surface area contributed by atoms with Gasteiger partial charge in [-0.05, 0) is 55.4 Å². The van der Waals surface area contributed by atoms with Crippen molar-refractivity contribution in [3.63, 3.8) is 0 Å². The number of fused-ring (bicyclic) bond motifs is 1. The lowest BCUT2D eigenvalue weighted by atomic mass is 9.90. The zero-order chi connectivity index (χ0) is 20.2. The summed E-state index contributed by atoms with van der Waals surface area (Å²) < 4.78 is 10.7. The SMILES string of the molecule is COc1cc(CCC2CCN(C(=O)c3cccc4cn[nH]c34)CC2)cc(OC)c1. The molecule has 4 rings (SSSR count). The second-order valence-electron chi connectivity index (χ2n) is 7.63. The van der Waals surface area contributed by atoms with Crippen LogP contribution in [0, 0.1) is 5.92 Å². The van der Waals surface area contributed by atoms with Crippen molar-refractivity contribution in [2.24, 2.45) is 5.92 Å². The van der Waals surface area contributed by atoms with Gasteiger partial charge in [-0.3, -0.25) is 9.89 Å². The molecule has 0 radical (unpaired) electrons. The van der Waals surface area contributed by atoms with Crippen LogP contribution in [0.3, 0.4) is 0 Å². The molecule has 1 amide bonds. The average Bonchev–Trinajstić information content (AvgIpc) is 3.26. The number of nitrogens with zero attached hydrogens (tertiary/aromatic N) is 2. The molecule has 1 aliphatic rings. The first-order valence-corrected chi connectivity index (χ1v) is 10.1. The average molecular weight is 393 g/mol. The Kier molecular flexibility index (Phi) is 5.69. The van der Waals surface area contributed by atoms with Gasteiger partial charge in [-0.15, -0.1) is 0 Å². The van der Waals surface area contributed by atoms with Crippen molar-refractivity contribution >= 4 is 16.8 Å². The van der Waals surface area contributed by atoms with Crippen LogP contribution in [-0.2, 0) is 6.42 Å². The van der Waals surface area contributed by atoms with Gasteiger partial charge in [0.25, 0.3) is 5.91 Å². The predicted molar refractivity (Wildman–Crippen MR) is 113 cm³/mol. The molecule has 6 heteroatoms. The maximum atomic E-state index is 13.0. The van der Waals surface area contributed by atoms with Gasteiger partial charge >= 0.3 is 0 Å². The summed E-state index contributed by atoms with van der Waals surface area (Å²) in [7, 11) is 3.35. The Hall–Kier alpha value is -3.02. The fourth-order valence-corrected chi connectivity index (χ4v) is 4.12. The van der Waals surface area contributed by atoms with Crippen LogP contribution in [0.15, 0.2) is 42.6 Å². The third kappa shape index (κ3) is 4.21. The molecule has 0 atom stereocenters. The molecule has 6 nitrogen and oxygen atoms in total. The molecule has 1 aliphatic heterocycles. The smallest absolute Gasteiger partial charge is 0.256 e. The van der Waals surface area contributed by atoms with Crippen molar-refractivity contribution < 1.29 is 14.3 Å². The van der Waals surface area contributed by atoms with E-state index in [1.807, 2.05) is 29.2 Å². The molecular formula is C23H27N3O3. The highest BCUT2D eigenvalue weighted by Gasteiger charge is 2.25. The van der Waals surface area contributed by atoms with Gasteiger partial charge in [-0.2, -0.15) is 5.10 Å². The molecule has 29 heavy (non-hydrogen) atoms. The van der Waals surface area contributed by atoms with Crippen molar-refractivity contribution in [2.45, 2.75) is 25.7 Å². The molecule has 1 aromatic heterocycles. The van der Waals surface area contributed by atoms with Crippen LogP contribution in [0.2, 0.25) is 0 Å². The number of rotatable bonds is 6. The first-order valence-electron chi connectivity index (χ1n) is 10.1. The molecule has 0 aliphatic carbocycles. The van der Waals surface area contributed by atoms with Crippen LogP contribution in [-0.4, -0.2) is 48.3 Å². The Bertz CT molecular complexity index is 968. The lowest BCUT2D eigenvalue weighted by Gasteiger charge is -2.32. The van der Waals surface area contributed by atoms with Crippen molar-refractivity contribution in [3.05, 3.63) is 53.7 Å². The number of hydrogen-bond donors (Lipinski definition) is 1. The third-order valence-electron chi connectivity index (χ3n) is 5.86. The summed E-state index contributed by atoms with van der Waals surface area (Å²) in [5.41, 5.74) is 2.76. The van der Waals surface area contributed by atoms with Crippen molar-refractivity contribution in [1.82, 2.24) is 15.1 Å². The van der Waals surface area contributed by atoms with E-state index in [2.05, 4.69) is 22.3 Å². The largest absolute Gasteiger partial charge is 0.497 e. The number of H-pyrrole nitrogens is 1. The topological polar surface area (TPSA) is 67.5 Å². The van der Waals surface area contributed by atoms with E-state index in [0.29, 0.717) is 11.5 Å². The highest BCUT2D eigenvalue weighted by atomic mass is 16.5. The van der Waals surface area contributed by atoms with E-state index < -0.39 is 0 Å².